The molecule has 1 atom stereocenters. The monoisotopic (exact) mass is 269 g/mol. The summed E-state index contributed by atoms with van der Waals surface area (Å²) in [6, 6.07) is 3.36. The van der Waals surface area contributed by atoms with Crippen molar-refractivity contribution in [2.45, 2.75) is 31.5 Å². The standard InChI is InChI=1S/C11H12ClF4N/c12-9-2-1-3-10(13)8(9)6-7(17)4-5-11(14,15)16/h1-3,7H,4-6,17H2. The molecule has 0 aliphatic rings. The predicted molar refractivity (Wildman–Crippen MR) is 58.4 cm³/mol. The van der Waals surface area contributed by atoms with Crippen molar-refractivity contribution in [1.82, 2.24) is 0 Å². The molecule has 2 N–H and O–H groups in total. The molecule has 6 heteroatoms. The molecule has 0 saturated heterocycles. The molecule has 0 radical (unpaired) electrons. The van der Waals surface area contributed by atoms with Crippen molar-refractivity contribution in [2.24, 2.45) is 5.73 Å². The van der Waals surface area contributed by atoms with Crippen LogP contribution in [0.15, 0.2) is 18.2 Å². The largest absolute Gasteiger partial charge is 0.389 e. The van der Waals surface area contributed by atoms with E-state index in [9.17, 15) is 17.6 Å². The summed E-state index contributed by atoms with van der Waals surface area (Å²) in [5.41, 5.74) is 5.70. The number of hydrogen-bond donors (Lipinski definition) is 1. The van der Waals surface area contributed by atoms with Crippen LogP contribution in [-0.2, 0) is 6.42 Å². The van der Waals surface area contributed by atoms with Gasteiger partial charge in [0, 0.05) is 23.0 Å². The molecule has 96 valence electrons. The number of alkyl halides is 3. The van der Waals surface area contributed by atoms with Crippen LogP contribution in [0.3, 0.4) is 0 Å². The Morgan fingerprint density at radius 1 is 1.29 bits per heavy atom. The number of benzene rings is 1. The minimum Gasteiger partial charge on any atom is -0.327 e. The van der Waals surface area contributed by atoms with Crippen LogP contribution in [0.5, 0.6) is 0 Å². The van der Waals surface area contributed by atoms with Gasteiger partial charge in [-0.25, -0.2) is 4.39 Å². The first kappa shape index (κ1) is 14.3. The Kier molecular flexibility index (Phi) is 4.77. The van der Waals surface area contributed by atoms with E-state index < -0.39 is 24.5 Å². The molecule has 0 aliphatic heterocycles. The van der Waals surface area contributed by atoms with Gasteiger partial charge in [0.25, 0.3) is 0 Å². The molecule has 1 unspecified atom stereocenters. The number of halogens is 5. The highest BCUT2D eigenvalue weighted by molar-refractivity contribution is 6.31. The Morgan fingerprint density at radius 2 is 1.94 bits per heavy atom. The zero-order valence-electron chi connectivity index (χ0n) is 8.90. The van der Waals surface area contributed by atoms with Crippen molar-refractivity contribution in [2.75, 3.05) is 0 Å². The number of hydrogen-bond acceptors (Lipinski definition) is 1. The molecule has 0 saturated carbocycles. The summed E-state index contributed by atoms with van der Waals surface area (Å²) in [6.07, 6.45) is -5.45. The Bertz CT molecular complexity index is 358. The third kappa shape index (κ3) is 4.91. The van der Waals surface area contributed by atoms with Gasteiger partial charge in [-0.3, -0.25) is 0 Å². The molecule has 0 amide bonds. The first-order chi connectivity index (χ1) is 7.79. The van der Waals surface area contributed by atoms with Gasteiger partial charge in [0.1, 0.15) is 5.82 Å². The molecule has 1 aromatic carbocycles. The SMILES string of the molecule is NC(CCC(F)(F)F)Cc1c(F)cccc1Cl. The second-order valence-electron chi connectivity index (χ2n) is 3.82. The van der Waals surface area contributed by atoms with E-state index in [4.69, 9.17) is 17.3 Å². The maximum absolute atomic E-state index is 13.3. The Hall–Kier alpha value is -0.810. The predicted octanol–water partition coefficient (Wildman–Crippen LogP) is 3.69. The Labute approximate surface area is 102 Å². The first-order valence-corrected chi connectivity index (χ1v) is 5.42. The van der Waals surface area contributed by atoms with Crippen LogP contribution in [0.1, 0.15) is 18.4 Å². The molecule has 0 heterocycles. The van der Waals surface area contributed by atoms with Crippen molar-refractivity contribution in [3.63, 3.8) is 0 Å². The molecule has 0 fully saturated rings. The molecule has 0 spiro atoms. The summed E-state index contributed by atoms with van der Waals surface area (Å²) in [5, 5.41) is 0.187. The molecular formula is C11H12ClF4N. The van der Waals surface area contributed by atoms with Crippen molar-refractivity contribution in [3.8, 4) is 0 Å². The highest BCUT2D eigenvalue weighted by atomic mass is 35.5. The van der Waals surface area contributed by atoms with Gasteiger partial charge in [0.05, 0.1) is 0 Å². The Morgan fingerprint density at radius 3 is 2.47 bits per heavy atom. The fourth-order valence-corrected chi connectivity index (χ4v) is 1.68. The summed E-state index contributed by atoms with van der Waals surface area (Å²) in [4.78, 5) is 0. The summed E-state index contributed by atoms with van der Waals surface area (Å²) in [5.74, 6) is -0.542. The summed E-state index contributed by atoms with van der Waals surface area (Å²) < 4.78 is 49.2. The van der Waals surface area contributed by atoms with Crippen LogP contribution in [-0.4, -0.2) is 12.2 Å². The summed E-state index contributed by atoms with van der Waals surface area (Å²) >= 11 is 5.75. The normalized spacial score (nSPS) is 13.8. The van der Waals surface area contributed by atoms with Crippen molar-refractivity contribution in [3.05, 3.63) is 34.6 Å². The smallest absolute Gasteiger partial charge is 0.327 e. The van der Waals surface area contributed by atoms with E-state index >= 15 is 0 Å². The van der Waals surface area contributed by atoms with E-state index in [0.29, 0.717) is 0 Å². The lowest BCUT2D eigenvalue weighted by molar-refractivity contribution is -0.136. The second-order valence-corrected chi connectivity index (χ2v) is 4.23. The molecule has 0 aromatic heterocycles. The quantitative estimate of drug-likeness (QED) is 0.829. The summed E-state index contributed by atoms with van der Waals surface area (Å²) in [6.45, 7) is 0. The van der Waals surface area contributed by atoms with Gasteiger partial charge in [-0.2, -0.15) is 13.2 Å². The van der Waals surface area contributed by atoms with Crippen LogP contribution in [0, 0.1) is 5.82 Å². The minimum atomic E-state index is -4.24. The average Bonchev–Trinajstić information content (AvgIpc) is 2.20. The zero-order chi connectivity index (χ0) is 13.1. The fraction of sp³-hybridized carbons (Fsp3) is 0.455. The van der Waals surface area contributed by atoms with Crippen molar-refractivity contribution < 1.29 is 17.6 Å². The van der Waals surface area contributed by atoms with Gasteiger partial charge in [-0.1, -0.05) is 17.7 Å². The van der Waals surface area contributed by atoms with Crippen LogP contribution in [0.4, 0.5) is 17.6 Å². The molecule has 17 heavy (non-hydrogen) atoms. The number of nitrogens with two attached hydrogens (primary N) is 1. The molecule has 1 aromatic rings. The molecule has 0 bridgehead atoms. The topological polar surface area (TPSA) is 26.0 Å². The van der Waals surface area contributed by atoms with Crippen LogP contribution < -0.4 is 5.73 Å². The maximum Gasteiger partial charge on any atom is 0.389 e. The highest BCUT2D eigenvalue weighted by Crippen LogP contribution is 2.25. The number of rotatable bonds is 4. The van der Waals surface area contributed by atoms with Crippen molar-refractivity contribution >= 4 is 11.6 Å². The van der Waals surface area contributed by atoms with E-state index in [2.05, 4.69) is 0 Å². The van der Waals surface area contributed by atoms with E-state index in [1.165, 1.54) is 18.2 Å². The first-order valence-electron chi connectivity index (χ1n) is 5.05. The van der Waals surface area contributed by atoms with E-state index in [1.807, 2.05) is 0 Å². The minimum absolute atomic E-state index is 0.00157. The molecule has 1 rings (SSSR count). The Balaban J connectivity index is 2.59. The highest BCUT2D eigenvalue weighted by Gasteiger charge is 2.27. The van der Waals surface area contributed by atoms with Gasteiger partial charge < -0.3 is 5.73 Å². The van der Waals surface area contributed by atoms with Crippen LogP contribution in [0.2, 0.25) is 5.02 Å². The van der Waals surface area contributed by atoms with Crippen LogP contribution in [0.25, 0.3) is 0 Å². The van der Waals surface area contributed by atoms with E-state index in [1.54, 1.807) is 0 Å². The second kappa shape index (κ2) is 5.69. The lowest BCUT2D eigenvalue weighted by Gasteiger charge is -2.14. The third-order valence-electron chi connectivity index (χ3n) is 2.33. The van der Waals surface area contributed by atoms with Gasteiger partial charge >= 0.3 is 6.18 Å². The molecule has 1 nitrogen and oxygen atoms in total. The van der Waals surface area contributed by atoms with Gasteiger partial charge in [0.2, 0.25) is 0 Å². The van der Waals surface area contributed by atoms with E-state index in [-0.39, 0.29) is 23.4 Å². The lowest BCUT2D eigenvalue weighted by Crippen LogP contribution is -2.26. The van der Waals surface area contributed by atoms with Crippen molar-refractivity contribution in [1.29, 1.82) is 0 Å². The molecule has 0 aliphatic carbocycles. The maximum atomic E-state index is 13.3. The summed E-state index contributed by atoms with van der Waals surface area (Å²) in [7, 11) is 0. The van der Waals surface area contributed by atoms with Gasteiger partial charge in [-0.05, 0) is 25.0 Å². The fourth-order valence-electron chi connectivity index (χ4n) is 1.44. The third-order valence-corrected chi connectivity index (χ3v) is 2.68. The van der Waals surface area contributed by atoms with Gasteiger partial charge in [0.15, 0.2) is 0 Å². The van der Waals surface area contributed by atoms with E-state index in [0.717, 1.165) is 0 Å². The average molecular weight is 270 g/mol. The van der Waals surface area contributed by atoms with Crippen LogP contribution >= 0.6 is 11.6 Å². The lowest BCUT2D eigenvalue weighted by atomic mass is 10.0. The zero-order valence-corrected chi connectivity index (χ0v) is 9.65. The molecular weight excluding hydrogens is 258 g/mol. The van der Waals surface area contributed by atoms with Gasteiger partial charge in [-0.15, -0.1) is 0 Å².